The monoisotopic (exact) mass is 188 g/mol. The first kappa shape index (κ1) is 11.0. The second-order valence-electron chi connectivity index (χ2n) is 2.91. The van der Waals surface area contributed by atoms with Crippen molar-refractivity contribution < 1.29 is 16.4 Å². The number of halogens is 1. The molecule has 0 aromatic rings. The van der Waals surface area contributed by atoms with Crippen LogP contribution in [0.5, 0.6) is 0 Å². The van der Waals surface area contributed by atoms with Crippen LogP contribution in [0.3, 0.4) is 0 Å². The molecule has 0 aliphatic heterocycles. The normalized spacial score (nSPS) is 9.14. The zero-order valence-corrected chi connectivity index (χ0v) is 10.4. The average molecular weight is 190 g/mol. The second kappa shape index (κ2) is 4.05. The van der Waals surface area contributed by atoms with E-state index in [1.54, 1.807) is 0 Å². The summed E-state index contributed by atoms with van der Waals surface area (Å²) in [6, 6.07) is 0. The van der Waals surface area contributed by atoms with Crippen LogP contribution >= 0.6 is 12.4 Å². The summed E-state index contributed by atoms with van der Waals surface area (Å²) < 4.78 is 0. The van der Waals surface area contributed by atoms with Gasteiger partial charge in [-0.1, -0.05) is 0 Å². The summed E-state index contributed by atoms with van der Waals surface area (Å²) >= 11 is 0.0347. The third-order valence-electron chi connectivity index (χ3n) is 1.06. The molecule has 0 N–H and O–H groups in total. The zero-order valence-electron chi connectivity index (χ0n) is 5.62. The van der Waals surface area contributed by atoms with Crippen LogP contribution in [0.4, 0.5) is 0 Å². The number of hydrogen-bond donors (Lipinski definition) is 0. The molecule has 42 valence electrons. The fourth-order valence-corrected chi connectivity index (χ4v) is 0. The van der Waals surface area contributed by atoms with Crippen molar-refractivity contribution in [2.45, 2.75) is 25.2 Å². The molecule has 0 aliphatic rings. The molecule has 0 unspecified atom stereocenters. The molecule has 0 saturated carbocycles. The summed E-state index contributed by atoms with van der Waals surface area (Å²) in [5, 5.41) is 0. The van der Waals surface area contributed by atoms with E-state index in [1.165, 1.54) is 0 Å². The molecule has 0 aliphatic carbocycles. The molecule has 0 bridgehead atoms. The van der Waals surface area contributed by atoms with Gasteiger partial charge >= 0.3 is 47.9 Å². The van der Waals surface area contributed by atoms with E-state index in [2.05, 4.69) is 25.2 Å². The van der Waals surface area contributed by atoms with Crippen molar-refractivity contribution in [3.8, 4) is 0 Å². The molecule has 0 aromatic heterocycles. The average Bonchev–Trinajstić information content (AvgIpc) is 1.35. The molecule has 0 atom stereocenters. The van der Waals surface area contributed by atoms with Crippen molar-refractivity contribution in [3.05, 3.63) is 0 Å². The predicted molar refractivity (Wildman–Crippen MR) is 36.5 cm³/mol. The molecule has 0 heterocycles. The van der Waals surface area contributed by atoms with E-state index >= 15 is 0 Å². The van der Waals surface area contributed by atoms with Crippen molar-refractivity contribution in [1.82, 2.24) is 0 Å². The second-order valence-corrected chi connectivity index (χ2v) is 26.5. The summed E-state index contributed by atoms with van der Waals surface area (Å²) in [6.07, 6.45) is -0.444. The summed E-state index contributed by atoms with van der Waals surface area (Å²) in [7, 11) is 0. The fraction of sp³-hybridized carbons (Fsp3) is 1.00. The molecule has 3 heteroatoms. The summed E-state index contributed by atoms with van der Waals surface area (Å²) in [5.41, 5.74) is 2.46. The Kier molecular flexibility index (Phi) is 6.37. The van der Waals surface area contributed by atoms with Gasteiger partial charge < -0.3 is 0 Å². The zero-order chi connectivity index (χ0) is 5.21. The van der Waals surface area contributed by atoms with Gasteiger partial charge in [-0.2, -0.15) is 0 Å². The molecule has 0 saturated heterocycles. The van der Waals surface area contributed by atoms with Crippen LogP contribution in [-0.2, 0) is 16.4 Å². The molecule has 0 radical (unpaired) electrons. The molecule has 0 rings (SSSR count). The molecule has 0 amide bonds. The number of hydrogen-bond acceptors (Lipinski definition) is 0. The topological polar surface area (TPSA) is 0 Å². The standard InChI is InChI=1S/C3H9Si.CH3.ClH.Zn/c1-4(2)3;;;/h1-3H3;1H3;1H;. The predicted octanol–water partition coefficient (Wildman–Crippen LogP) is 2.37. The van der Waals surface area contributed by atoms with Crippen LogP contribution in [0.2, 0.25) is 25.2 Å². The summed E-state index contributed by atoms with van der Waals surface area (Å²) in [4.78, 5) is 0. The van der Waals surface area contributed by atoms with E-state index in [-0.39, 0.29) is 28.8 Å². The van der Waals surface area contributed by atoms with Crippen molar-refractivity contribution >= 4 is 18.7 Å². The Bertz CT molecular complexity index is 41.4. The maximum absolute atomic E-state index is 2.47. The van der Waals surface area contributed by atoms with E-state index < -0.39 is 6.30 Å². The Morgan fingerprint density at radius 2 is 1.29 bits per heavy atom. The van der Waals surface area contributed by atoms with Gasteiger partial charge in [0.1, 0.15) is 0 Å². The first-order valence-corrected chi connectivity index (χ1v) is 13.7. The van der Waals surface area contributed by atoms with Gasteiger partial charge in [-0.15, -0.1) is 12.4 Å². The van der Waals surface area contributed by atoms with Crippen molar-refractivity contribution in [2.24, 2.45) is 0 Å². The van der Waals surface area contributed by atoms with E-state index in [1.807, 2.05) is 0 Å². The first-order valence-electron chi connectivity index (χ1n) is 2.56. The molecular weight excluding hydrogens is 177 g/mol. The van der Waals surface area contributed by atoms with Gasteiger partial charge in [0.2, 0.25) is 0 Å². The maximum atomic E-state index is 2.47. The summed E-state index contributed by atoms with van der Waals surface area (Å²) in [6.45, 7) is 7.40. The minimum absolute atomic E-state index is 0. The molecule has 0 fully saturated rings. The quantitative estimate of drug-likeness (QED) is 0.557. The Hall–Kier alpha value is 1.13. The van der Waals surface area contributed by atoms with Crippen LogP contribution < -0.4 is 0 Å². The van der Waals surface area contributed by atoms with Gasteiger partial charge in [-0.25, -0.2) is 0 Å². The van der Waals surface area contributed by atoms with Gasteiger partial charge in [0.15, 0.2) is 0 Å². The Morgan fingerprint density at radius 3 is 1.29 bits per heavy atom. The van der Waals surface area contributed by atoms with Gasteiger partial charge in [0.25, 0.3) is 0 Å². The van der Waals surface area contributed by atoms with Crippen LogP contribution in [0.15, 0.2) is 0 Å². The van der Waals surface area contributed by atoms with Crippen LogP contribution in [0.25, 0.3) is 0 Å². The molecular formula is C4H13ClSiZn. The van der Waals surface area contributed by atoms with Crippen LogP contribution in [0, 0.1) is 0 Å². The van der Waals surface area contributed by atoms with E-state index in [4.69, 9.17) is 0 Å². The van der Waals surface area contributed by atoms with Crippen LogP contribution in [-0.4, -0.2) is 6.30 Å². The van der Waals surface area contributed by atoms with Gasteiger partial charge in [0, 0.05) is 0 Å². The third kappa shape index (κ3) is 11.0. The number of rotatable bonds is 1. The van der Waals surface area contributed by atoms with Gasteiger partial charge in [0.05, 0.1) is 0 Å². The molecule has 0 spiro atoms. The van der Waals surface area contributed by atoms with Gasteiger partial charge in [-0.05, 0) is 0 Å². The van der Waals surface area contributed by atoms with Gasteiger partial charge in [-0.3, -0.25) is 0 Å². The van der Waals surface area contributed by atoms with Crippen LogP contribution in [0.1, 0.15) is 0 Å². The Morgan fingerprint density at radius 1 is 1.14 bits per heavy atom. The first-order chi connectivity index (χ1) is 2.56. The molecule has 0 aromatic carbocycles. The Balaban J connectivity index is 0. The summed E-state index contributed by atoms with van der Waals surface area (Å²) in [5.74, 6) is 0. The SMILES string of the molecule is Cl.[CH3][Zn][Si](C)(C)C. The molecule has 7 heavy (non-hydrogen) atoms. The van der Waals surface area contributed by atoms with E-state index in [0.717, 1.165) is 0 Å². The minimum atomic E-state index is -0.444. The van der Waals surface area contributed by atoms with Crippen molar-refractivity contribution in [3.63, 3.8) is 0 Å². The molecule has 0 nitrogen and oxygen atoms in total. The Labute approximate surface area is 60.4 Å². The van der Waals surface area contributed by atoms with Crippen molar-refractivity contribution in [2.75, 3.05) is 0 Å². The third-order valence-corrected chi connectivity index (χ3v) is 16.5. The van der Waals surface area contributed by atoms with Crippen molar-refractivity contribution in [1.29, 1.82) is 0 Å². The van der Waals surface area contributed by atoms with E-state index in [9.17, 15) is 0 Å². The fourth-order valence-electron chi connectivity index (χ4n) is 0. The van der Waals surface area contributed by atoms with E-state index in [0.29, 0.717) is 0 Å².